The fourth-order valence-electron chi connectivity index (χ4n) is 2.64. The highest BCUT2D eigenvalue weighted by atomic mass is 16.7. The Bertz CT molecular complexity index is 919. The van der Waals surface area contributed by atoms with E-state index in [1.807, 2.05) is 32.0 Å². The molecule has 140 valence electrons. The van der Waals surface area contributed by atoms with E-state index < -0.39 is 29.1 Å². The van der Waals surface area contributed by atoms with Gasteiger partial charge in [-0.25, -0.2) is 4.79 Å². The lowest BCUT2D eigenvalue weighted by molar-refractivity contribution is -0.385. The highest BCUT2D eigenvalue weighted by Gasteiger charge is 2.28. The van der Waals surface area contributed by atoms with Gasteiger partial charge in [0, 0.05) is 11.8 Å². The SMILES string of the molecule is Cc1cccc(C)c1NC(=O)COC(=O)c1cc2c(cc1[N+](=O)[O-])OCO2. The van der Waals surface area contributed by atoms with Crippen LogP contribution < -0.4 is 14.8 Å². The summed E-state index contributed by atoms with van der Waals surface area (Å²) in [4.78, 5) is 34.8. The molecule has 1 aliphatic heterocycles. The molecule has 1 aliphatic rings. The Morgan fingerprint density at radius 1 is 1.19 bits per heavy atom. The summed E-state index contributed by atoms with van der Waals surface area (Å²) in [5.41, 5.74) is 1.55. The average molecular weight is 372 g/mol. The van der Waals surface area contributed by atoms with Crippen molar-refractivity contribution in [2.45, 2.75) is 13.8 Å². The number of nitrogens with one attached hydrogen (secondary N) is 1. The third-order valence-corrected chi connectivity index (χ3v) is 3.99. The molecular weight excluding hydrogens is 356 g/mol. The third kappa shape index (κ3) is 3.81. The number of rotatable bonds is 5. The van der Waals surface area contributed by atoms with Crippen LogP contribution >= 0.6 is 0 Å². The van der Waals surface area contributed by atoms with Gasteiger partial charge in [-0.05, 0) is 25.0 Å². The quantitative estimate of drug-likeness (QED) is 0.487. The summed E-state index contributed by atoms with van der Waals surface area (Å²) in [5, 5.41) is 13.9. The van der Waals surface area contributed by atoms with Crippen molar-refractivity contribution in [3.63, 3.8) is 0 Å². The Morgan fingerprint density at radius 2 is 1.81 bits per heavy atom. The number of carbonyl (C=O) groups excluding carboxylic acids is 2. The van der Waals surface area contributed by atoms with E-state index in [9.17, 15) is 19.7 Å². The van der Waals surface area contributed by atoms with Crippen molar-refractivity contribution < 1.29 is 28.7 Å². The lowest BCUT2D eigenvalue weighted by Crippen LogP contribution is -2.22. The number of nitro groups is 1. The summed E-state index contributed by atoms with van der Waals surface area (Å²) in [6.07, 6.45) is 0. The van der Waals surface area contributed by atoms with Crippen molar-refractivity contribution in [2.75, 3.05) is 18.7 Å². The van der Waals surface area contributed by atoms with Gasteiger partial charge in [0.15, 0.2) is 18.1 Å². The zero-order valence-electron chi connectivity index (χ0n) is 14.6. The summed E-state index contributed by atoms with van der Waals surface area (Å²) in [5.74, 6) is -1.18. The van der Waals surface area contributed by atoms with Crippen molar-refractivity contribution in [1.29, 1.82) is 0 Å². The third-order valence-electron chi connectivity index (χ3n) is 3.99. The number of nitro benzene ring substituents is 1. The van der Waals surface area contributed by atoms with Crippen LogP contribution in [0, 0.1) is 24.0 Å². The minimum absolute atomic E-state index is 0.0941. The number of hydrogen-bond donors (Lipinski definition) is 1. The molecule has 27 heavy (non-hydrogen) atoms. The summed E-state index contributed by atoms with van der Waals surface area (Å²) in [7, 11) is 0. The van der Waals surface area contributed by atoms with Crippen LogP contribution in [-0.2, 0) is 9.53 Å². The molecule has 2 aromatic carbocycles. The number of aryl methyl sites for hydroxylation is 2. The van der Waals surface area contributed by atoms with E-state index in [-0.39, 0.29) is 23.9 Å². The monoisotopic (exact) mass is 372 g/mol. The number of ether oxygens (including phenoxy) is 3. The highest BCUT2D eigenvalue weighted by Crippen LogP contribution is 2.38. The van der Waals surface area contributed by atoms with E-state index in [2.05, 4.69) is 5.32 Å². The summed E-state index contributed by atoms with van der Waals surface area (Å²) >= 11 is 0. The molecule has 3 rings (SSSR count). The van der Waals surface area contributed by atoms with Crippen LogP contribution in [-0.4, -0.2) is 30.2 Å². The number of para-hydroxylation sites is 1. The molecule has 0 saturated carbocycles. The summed E-state index contributed by atoms with van der Waals surface area (Å²) < 4.78 is 15.1. The van der Waals surface area contributed by atoms with Gasteiger partial charge in [-0.1, -0.05) is 18.2 Å². The average Bonchev–Trinajstić information content (AvgIpc) is 3.09. The molecule has 9 heteroatoms. The number of esters is 1. The molecular formula is C18H16N2O7. The Balaban J connectivity index is 1.71. The van der Waals surface area contributed by atoms with E-state index in [0.717, 1.165) is 17.2 Å². The first kappa shape index (κ1) is 18.2. The second-order valence-electron chi connectivity index (χ2n) is 5.87. The van der Waals surface area contributed by atoms with Crippen LogP contribution in [0.1, 0.15) is 21.5 Å². The topological polar surface area (TPSA) is 117 Å². The van der Waals surface area contributed by atoms with E-state index in [1.165, 1.54) is 6.07 Å². The molecule has 1 amide bonds. The van der Waals surface area contributed by atoms with Gasteiger partial charge in [-0.3, -0.25) is 14.9 Å². The van der Waals surface area contributed by atoms with E-state index in [1.54, 1.807) is 0 Å². The number of nitrogens with zero attached hydrogens (tertiary/aromatic N) is 1. The van der Waals surface area contributed by atoms with Crippen LogP contribution in [0.3, 0.4) is 0 Å². The lowest BCUT2D eigenvalue weighted by Gasteiger charge is -2.11. The van der Waals surface area contributed by atoms with Gasteiger partial charge in [0.2, 0.25) is 6.79 Å². The number of anilines is 1. The van der Waals surface area contributed by atoms with Gasteiger partial charge < -0.3 is 19.5 Å². The molecule has 0 aromatic heterocycles. The zero-order valence-corrected chi connectivity index (χ0v) is 14.6. The molecule has 0 saturated heterocycles. The van der Waals surface area contributed by atoms with Crippen molar-refractivity contribution in [2.24, 2.45) is 0 Å². The second-order valence-corrected chi connectivity index (χ2v) is 5.87. The van der Waals surface area contributed by atoms with Crippen LogP contribution in [0.25, 0.3) is 0 Å². The zero-order chi connectivity index (χ0) is 19.6. The van der Waals surface area contributed by atoms with Gasteiger partial charge in [0.1, 0.15) is 5.56 Å². The van der Waals surface area contributed by atoms with Crippen LogP contribution in [0.4, 0.5) is 11.4 Å². The number of carbonyl (C=O) groups is 2. The predicted molar refractivity (Wildman–Crippen MR) is 94.0 cm³/mol. The van der Waals surface area contributed by atoms with E-state index in [0.29, 0.717) is 5.69 Å². The molecule has 0 aliphatic carbocycles. The van der Waals surface area contributed by atoms with E-state index >= 15 is 0 Å². The molecule has 0 radical (unpaired) electrons. The molecule has 1 N–H and O–H groups in total. The van der Waals surface area contributed by atoms with Gasteiger partial charge in [0.05, 0.1) is 11.0 Å². The first-order valence-electron chi connectivity index (χ1n) is 7.98. The molecule has 9 nitrogen and oxygen atoms in total. The first-order valence-corrected chi connectivity index (χ1v) is 7.98. The maximum absolute atomic E-state index is 12.3. The molecule has 0 atom stereocenters. The molecule has 0 fully saturated rings. The highest BCUT2D eigenvalue weighted by molar-refractivity contribution is 5.98. The Morgan fingerprint density at radius 3 is 2.44 bits per heavy atom. The minimum Gasteiger partial charge on any atom is -0.454 e. The normalized spacial score (nSPS) is 11.8. The lowest BCUT2D eigenvalue weighted by atomic mass is 10.1. The molecule has 0 unspecified atom stereocenters. The Kier molecular flexibility index (Phi) is 4.93. The van der Waals surface area contributed by atoms with Gasteiger partial charge in [-0.2, -0.15) is 0 Å². The summed E-state index contributed by atoms with van der Waals surface area (Å²) in [6, 6.07) is 7.80. The van der Waals surface area contributed by atoms with Crippen molar-refractivity contribution in [3.05, 3.63) is 57.1 Å². The van der Waals surface area contributed by atoms with Crippen molar-refractivity contribution in [3.8, 4) is 11.5 Å². The van der Waals surface area contributed by atoms with Gasteiger partial charge in [-0.15, -0.1) is 0 Å². The number of fused-ring (bicyclic) bond motifs is 1. The molecule has 2 aromatic rings. The maximum Gasteiger partial charge on any atom is 0.345 e. The first-order chi connectivity index (χ1) is 12.9. The van der Waals surface area contributed by atoms with Crippen molar-refractivity contribution in [1.82, 2.24) is 0 Å². The second kappa shape index (κ2) is 7.32. The largest absolute Gasteiger partial charge is 0.454 e. The molecule has 0 bridgehead atoms. The summed E-state index contributed by atoms with van der Waals surface area (Å²) in [6.45, 7) is 3.00. The predicted octanol–water partition coefficient (Wildman–Crippen LogP) is 2.74. The molecule has 0 spiro atoms. The van der Waals surface area contributed by atoms with Crippen LogP contribution in [0.15, 0.2) is 30.3 Å². The number of amides is 1. The molecule has 1 heterocycles. The van der Waals surface area contributed by atoms with Crippen LogP contribution in [0.5, 0.6) is 11.5 Å². The Hall–Kier alpha value is -3.62. The van der Waals surface area contributed by atoms with E-state index in [4.69, 9.17) is 14.2 Å². The minimum atomic E-state index is -1.00. The number of hydrogen-bond acceptors (Lipinski definition) is 7. The van der Waals surface area contributed by atoms with Gasteiger partial charge in [0.25, 0.3) is 11.6 Å². The Labute approximate surface area is 154 Å². The van der Waals surface area contributed by atoms with Gasteiger partial charge >= 0.3 is 5.97 Å². The maximum atomic E-state index is 12.3. The fourth-order valence-corrected chi connectivity index (χ4v) is 2.64. The van der Waals surface area contributed by atoms with Crippen LogP contribution in [0.2, 0.25) is 0 Å². The van der Waals surface area contributed by atoms with Crippen molar-refractivity contribution >= 4 is 23.3 Å². The number of benzene rings is 2. The fraction of sp³-hybridized carbons (Fsp3) is 0.222. The standard InChI is InChI=1S/C18H16N2O7/c1-10-4-3-5-11(2)17(10)19-16(21)8-25-18(22)12-6-14-15(27-9-26-14)7-13(12)20(23)24/h3-7H,8-9H2,1-2H3,(H,19,21). The smallest absolute Gasteiger partial charge is 0.345 e.